The Morgan fingerprint density at radius 2 is 1.00 bits per heavy atom. The highest BCUT2D eigenvalue weighted by Crippen LogP contribution is 2.31. The second kappa shape index (κ2) is 15.4. The zero-order valence-corrected chi connectivity index (χ0v) is 19.3. The van der Waals surface area contributed by atoms with E-state index < -0.39 is 0 Å². The van der Waals surface area contributed by atoms with Crippen LogP contribution in [-0.4, -0.2) is 22.9 Å². The third-order valence-electron chi connectivity index (χ3n) is 6.22. The van der Waals surface area contributed by atoms with Crippen molar-refractivity contribution in [1.29, 1.82) is 0 Å². The Bertz CT molecular complexity index is 525. The molecule has 0 N–H and O–H groups in total. The molecule has 2 heteroatoms. The van der Waals surface area contributed by atoms with E-state index in [0.29, 0.717) is 6.17 Å². The normalized spacial score (nSPS) is 16.1. The van der Waals surface area contributed by atoms with Gasteiger partial charge in [0.1, 0.15) is 6.17 Å². The van der Waals surface area contributed by atoms with Crippen LogP contribution in [0.3, 0.4) is 0 Å². The van der Waals surface area contributed by atoms with Crippen molar-refractivity contribution in [1.82, 2.24) is 9.80 Å². The quantitative estimate of drug-likeness (QED) is 0.244. The average molecular weight is 399 g/mol. The molecule has 1 unspecified atom stereocenters. The summed E-state index contributed by atoms with van der Waals surface area (Å²) in [4.78, 5) is 5.08. The van der Waals surface area contributed by atoms with Crippen LogP contribution in [0.25, 0.3) is 0 Å². The summed E-state index contributed by atoms with van der Waals surface area (Å²) in [6.07, 6.45) is 24.5. The van der Waals surface area contributed by atoms with Crippen molar-refractivity contribution in [3.8, 4) is 0 Å². The SMILES string of the molecule is CCCCCCCCCCCCCCN1C=CN(CCCC)C1c1ccccc1. The lowest BCUT2D eigenvalue weighted by atomic mass is 10.1. The maximum Gasteiger partial charge on any atom is 0.127 e. The fourth-order valence-corrected chi connectivity index (χ4v) is 4.40. The minimum absolute atomic E-state index is 0.399. The molecule has 1 aromatic rings. The topological polar surface area (TPSA) is 6.48 Å². The third kappa shape index (κ3) is 9.28. The highest BCUT2D eigenvalue weighted by Gasteiger charge is 2.26. The summed E-state index contributed by atoms with van der Waals surface area (Å²) in [5.41, 5.74) is 1.42. The first kappa shape index (κ1) is 23.8. The molecule has 0 radical (unpaired) electrons. The summed E-state index contributed by atoms with van der Waals surface area (Å²) in [6, 6.07) is 11.0. The average Bonchev–Trinajstić information content (AvgIpc) is 3.16. The Balaban J connectivity index is 1.59. The molecule has 0 aliphatic carbocycles. The molecule has 164 valence electrons. The van der Waals surface area contributed by atoms with E-state index in [9.17, 15) is 0 Å². The van der Waals surface area contributed by atoms with Gasteiger partial charge in [0, 0.05) is 25.5 Å². The summed E-state index contributed by atoms with van der Waals surface area (Å²) in [5, 5.41) is 0. The molecule has 1 heterocycles. The number of rotatable bonds is 17. The predicted molar refractivity (Wildman–Crippen MR) is 128 cm³/mol. The van der Waals surface area contributed by atoms with Crippen molar-refractivity contribution in [2.75, 3.05) is 13.1 Å². The van der Waals surface area contributed by atoms with Crippen molar-refractivity contribution < 1.29 is 0 Å². The van der Waals surface area contributed by atoms with E-state index in [4.69, 9.17) is 0 Å². The molecule has 0 aromatic heterocycles. The Hall–Kier alpha value is -1.44. The molecule has 1 aliphatic heterocycles. The van der Waals surface area contributed by atoms with Crippen LogP contribution in [0.2, 0.25) is 0 Å². The van der Waals surface area contributed by atoms with Gasteiger partial charge in [0.15, 0.2) is 0 Å². The highest BCUT2D eigenvalue weighted by atomic mass is 15.4. The van der Waals surface area contributed by atoms with Gasteiger partial charge in [-0.3, -0.25) is 0 Å². The summed E-state index contributed by atoms with van der Waals surface area (Å²) in [6.45, 7) is 6.91. The number of benzene rings is 1. The third-order valence-corrected chi connectivity index (χ3v) is 6.22. The standard InChI is InChI=1S/C27H46N2/c1-3-5-7-8-9-10-11-12-13-14-15-19-23-29-25-24-28(22-6-4-2)27(29)26-20-17-16-18-21-26/h16-18,20-21,24-25,27H,3-15,19,22-23H2,1-2H3. The van der Waals surface area contributed by atoms with Crippen molar-refractivity contribution in [3.05, 3.63) is 48.3 Å². The van der Waals surface area contributed by atoms with E-state index in [0.717, 1.165) is 6.54 Å². The maximum atomic E-state index is 2.56. The fourth-order valence-electron chi connectivity index (χ4n) is 4.40. The van der Waals surface area contributed by atoms with Crippen LogP contribution in [0.1, 0.15) is 115 Å². The maximum absolute atomic E-state index is 2.56. The Morgan fingerprint density at radius 3 is 1.52 bits per heavy atom. The second-order valence-corrected chi connectivity index (χ2v) is 8.80. The lowest BCUT2D eigenvalue weighted by molar-refractivity contribution is 0.150. The van der Waals surface area contributed by atoms with Crippen LogP contribution < -0.4 is 0 Å². The van der Waals surface area contributed by atoms with Crippen molar-refractivity contribution >= 4 is 0 Å². The molecule has 0 saturated carbocycles. The first-order chi connectivity index (χ1) is 14.4. The number of hydrogen-bond donors (Lipinski definition) is 0. The monoisotopic (exact) mass is 398 g/mol. The molecule has 1 aliphatic rings. The highest BCUT2D eigenvalue weighted by molar-refractivity contribution is 5.21. The molecular formula is C27H46N2. The minimum atomic E-state index is 0.399. The van der Waals surface area contributed by atoms with Crippen LogP contribution >= 0.6 is 0 Å². The molecular weight excluding hydrogens is 352 g/mol. The molecule has 2 rings (SSSR count). The van der Waals surface area contributed by atoms with Gasteiger partial charge >= 0.3 is 0 Å². The lowest BCUT2D eigenvalue weighted by Crippen LogP contribution is -2.32. The van der Waals surface area contributed by atoms with Gasteiger partial charge in [0.05, 0.1) is 0 Å². The first-order valence-corrected chi connectivity index (χ1v) is 12.6. The molecule has 0 saturated heterocycles. The lowest BCUT2D eigenvalue weighted by Gasteiger charge is -2.33. The summed E-state index contributed by atoms with van der Waals surface area (Å²) >= 11 is 0. The van der Waals surface area contributed by atoms with Gasteiger partial charge in [-0.15, -0.1) is 0 Å². The van der Waals surface area contributed by atoms with Crippen LogP contribution in [0.4, 0.5) is 0 Å². The Kier molecular flexibility index (Phi) is 12.7. The van der Waals surface area contributed by atoms with Gasteiger partial charge in [-0.1, -0.05) is 121 Å². The van der Waals surface area contributed by atoms with Crippen LogP contribution in [-0.2, 0) is 0 Å². The second-order valence-electron chi connectivity index (χ2n) is 8.80. The van der Waals surface area contributed by atoms with E-state index in [-0.39, 0.29) is 0 Å². The summed E-state index contributed by atoms with van der Waals surface area (Å²) < 4.78 is 0. The predicted octanol–water partition coefficient (Wildman–Crippen LogP) is 8.28. The molecule has 0 bridgehead atoms. The zero-order valence-electron chi connectivity index (χ0n) is 19.3. The number of hydrogen-bond acceptors (Lipinski definition) is 2. The Morgan fingerprint density at radius 1 is 0.552 bits per heavy atom. The van der Waals surface area contributed by atoms with Gasteiger partial charge in [-0.2, -0.15) is 0 Å². The Labute approximate surface area is 181 Å². The van der Waals surface area contributed by atoms with E-state index in [1.807, 2.05) is 0 Å². The molecule has 29 heavy (non-hydrogen) atoms. The molecule has 2 nitrogen and oxygen atoms in total. The molecule has 1 aromatic carbocycles. The summed E-state index contributed by atoms with van der Waals surface area (Å²) in [7, 11) is 0. The fraction of sp³-hybridized carbons (Fsp3) is 0.704. The van der Waals surface area contributed by atoms with Crippen molar-refractivity contribution in [2.24, 2.45) is 0 Å². The first-order valence-electron chi connectivity index (χ1n) is 12.6. The minimum Gasteiger partial charge on any atom is -0.352 e. The molecule has 1 atom stereocenters. The summed E-state index contributed by atoms with van der Waals surface area (Å²) in [5.74, 6) is 0. The smallest absolute Gasteiger partial charge is 0.127 e. The molecule has 0 spiro atoms. The number of nitrogens with zero attached hydrogens (tertiary/aromatic N) is 2. The van der Waals surface area contributed by atoms with Crippen LogP contribution in [0, 0.1) is 0 Å². The van der Waals surface area contributed by atoms with Gasteiger partial charge < -0.3 is 9.80 Å². The molecule has 0 fully saturated rings. The van der Waals surface area contributed by atoms with E-state index >= 15 is 0 Å². The molecule has 0 amide bonds. The van der Waals surface area contributed by atoms with Crippen LogP contribution in [0.15, 0.2) is 42.7 Å². The van der Waals surface area contributed by atoms with Crippen molar-refractivity contribution in [2.45, 2.75) is 110 Å². The van der Waals surface area contributed by atoms with E-state index in [1.165, 1.54) is 102 Å². The van der Waals surface area contributed by atoms with Gasteiger partial charge in [-0.25, -0.2) is 0 Å². The van der Waals surface area contributed by atoms with Gasteiger partial charge in [0.25, 0.3) is 0 Å². The van der Waals surface area contributed by atoms with Crippen molar-refractivity contribution in [3.63, 3.8) is 0 Å². The zero-order chi connectivity index (χ0) is 20.6. The number of unbranched alkanes of at least 4 members (excludes halogenated alkanes) is 12. The van der Waals surface area contributed by atoms with E-state index in [1.54, 1.807) is 0 Å². The van der Waals surface area contributed by atoms with E-state index in [2.05, 4.69) is 66.4 Å². The van der Waals surface area contributed by atoms with Gasteiger partial charge in [-0.05, 0) is 18.4 Å². The largest absolute Gasteiger partial charge is 0.352 e. The van der Waals surface area contributed by atoms with Crippen LogP contribution in [0.5, 0.6) is 0 Å². The van der Waals surface area contributed by atoms with Gasteiger partial charge in [0.2, 0.25) is 0 Å².